The van der Waals surface area contributed by atoms with Crippen LogP contribution in [0.3, 0.4) is 0 Å². The van der Waals surface area contributed by atoms with E-state index < -0.39 is 0 Å². The van der Waals surface area contributed by atoms with Crippen molar-refractivity contribution in [1.82, 2.24) is 0 Å². The predicted molar refractivity (Wildman–Crippen MR) is 24.6 cm³/mol. The molecule has 1 aliphatic rings. The second-order valence-corrected chi connectivity index (χ2v) is 1.51. The molecule has 34 valence electrons. The second-order valence-electron chi connectivity index (χ2n) is 1.11. The molecule has 0 aromatic carbocycles. The van der Waals surface area contributed by atoms with Gasteiger partial charge in [-0.3, -0.25) is 0 Å². The Balaban J connectivity index is 2.26. The summed E-state index contributed by atoms with van der Waals surface area (Å²) in [5.41, 5.74) is 0. The zero-order valence-corrected chi connectivity index (χ0v) is 3.86. The predicted octanol–water partition coefficient (Wildman–Crippen LogP) is -0.295. The Bertz CT molecular complexity index is 80.9. The van der Waals surface area contributed by atoms with Crippen molar-refractivity contribution in [3.63, 3.8) is 0 Å². The lowest BCUT2D eigenvalue weighted by molar-refractivity contribution is 0.246. The number of hydrogen-bond acceptors (Lipinski definition) is 3. The summed E-state index contributed by atoms with van der Waals surface area (Å²) in [7, 11) is 0. The van der Waals surface area contributed by atoms with Crippen LogP contribution in [-0.4, -0.2) is 22.9 Å². The Hall–Kier alpha value is -0.150. The van der Waals surface area contributed by atoms with E-state index in [0.717, 1.165) is 0 Å². The summed E-state index contributed by atoms with van der Waals surface area (Å²) in [5, 5.41) is 8.70. The van der Waals surface area contributed by atoms with Gasteiger partial charge in [0, 0.05) is 0 Å². The Labute approximate surface area is 40.7 Å². The van der Waals surface area contributed by atoms with Crippen molar-refractivity contribution in [2.24, 2.45) is 0 Å². The standard InChI is InChI=1S/C3H4O2S/c4-1-2-3(6)5-2/h2,4H,1H2. The monoisotopic (exact) mass is 104 g/mol. The third kappa shape index (κ3) is 0.507. The highest BCUT2D eigenvalue weighted by atomic mass is 32.1. The summed E-state index contributed by atoms with van der Waals surface area (Å²) in [6.07, 6.45) is -0.111. The van der Waals surface area contributed by atoms with Gasteiger partial charge in [-0.25, -0.2) is 0 Å². The van der Waals surface area contributed by atoms with Crippen LogP contribution in [-0.2, 0) is 4.74 Å². The van der Waals surface area contributed by atoms with Crippen molar-refractivity contribution >= 4 is 17.3 Å². The molecule has 0 radical (unpaired) electrons. The van der Waals surface area contributed by atoms with Gasteiger partial charge in [0.25, 0.3) is 0 Å². The number of hydrogen-bond donors (Lipinski definition) is 1. The van der Waals surface area contributed by atoms with Gasteiger partial charge >= 0.3 is 0 Å². The van der Waals surface area contributed by atoms with E-state index >= 15 is 0 Å². The average molecular weight is 104 g/mol. The summed E-state index contributed by atoms with van der Waals surface area (Å²) in [4.78, 5) is 0. The van der Waals surface area contributed by atoms with E-state index in [1.165, 1.54) is 0 Å². The maximum atomic E-state index is 8.16. The average Bonchev–Trinajstić information content (AvgIpc) is 2.19. The molecule has 3 heteroatoms. The molecule has 1 aliphatic heterocycles. The molecular formula is C3H4O2S. The van der Waals surface area contributed by atoms with Crippen LogP contribution in [0.25, 0.3) is 0 Å². The molecule has 1 saturated heterocycles. The third-order valence-electron chi connectivity index (χ3n) is 0.630. The van der Waals surface area contributed by atoms with E-state index in [1.54, 1.807) is 0 Å². The van der Waals surface area contributed by atoms with Gasteiger partial charge in [-0.2, -0.15) is 0 Å². The first-order chi connectivity index (χ1) is 2.84. The fourth-order valence-corrected chi connectivity index (χ4v) is 0.409. The van der Waals surface area contributed by atoms with Crippen molar-refractivity contribution in [2.75, 3.05) is 6.61 Å². The largest absolute Gasteiger partial charge is 0.469 e. The van der Waals surface area contributed by atoms with Crippen molar-refractivity contribution in [1.29, 1.82) is 0 Å². The molecule has 0 bridgehead atoms. The minimum atomic E-state index is -0.111. The van der Waals surface area contributed by atoms with Crippen LogP contribution in [0.15, 0.2) is 0 Å². The van der Waals surface area contributed by atoms with Gasteiger partial charge in [-0.1, -0.05) is 0 Å². The lowest BCUT2D eigenvalue weighted by atomic mass is 10.5. The first-order valence-corrected chi connectivity index (χ1v) is 2.07. The molecule has 0 spiro atoms. The fourth-order valence-electron chi connectivity index (χ4n) is 0.218. The molecule has 1 unspecified atom stereocenters. The highest BCUT2D eigenvalue weighted by molar-refractivity contribution is 7.80. The third-order valence-corrected chi connectivity index (χ3v) is 0.989. The maximum Gasteiger partial charge on any atom is 0.204 e. The topological polar surface area (TPSA) is 32.8 Å². The summed E-state index contributed by atoms with van der Waals surface area (Å²) in [6, 6.07) is 0. The number of epoxide rings is 1. The van der Waals surface area contributed by atoms with Gasteiger partial charge < -0.3 is 9.84 Å². The first kappa shape index (κ1) is 4.02. The van der Waals surface area contributed by atoms with E-state index in [9.17, 15) is 0 Å². The maximum absolute atomic E-state index is 8.16. The van der Waals surface area contributed by atoms with E-state index in [1.807, 2.05) is 0 Å². The number of rotatable bonds is 1. The van der Waals surface area contributed by atoms with Crippen LogP contribution in [0.2, 0.25) is 0 Å². The summed E-state index contributed by atoms with van der Waals surface area (Å²) in [5.74, 6) is 0. The van der Waals surface area contributed by atoms with Gasteiger partial charge in [0.2, 0.25) is 5.05 Å². The molecule has 6 heavy (non-hydrogen) atoms. The molecule has 1 fully saturated rings. The number of ether oxygens (including phenoxy) is 1. The minimum Gasteiger partial charge on any atom is -0.469 e. The van der Waals surface area contributed by atoms with E-state index in [4.69, 9.17) is 5.11 Å². The molecule has 0 aromatic rings. The van der Waals surface area contributed by atoms with Crippen molar-refractivity contribution < 1.29 is 9.84 Å². The molecule has 1 heterocycles. The quantitative estimate of drug-likeness (QED) is 0.366. The normalized spacial score (nSPS) is 29.5. The molecule has 2 nitrogen and oxygen atoms in total. The van der Waals surface area contributed by atoms with Crippen LogP contribution in [0.5, 0.6) is 0 Å². The Morgan fingerprint density at radius 3 is 2.50 bits per heavy atom. The zero-order valence-electron chi connectivity index (χ0n) is 3.05. The van der Waals surface area contributed by atoms with E-state index in [2.05, 4.69) is 17.0 Å². The Morgan fingerprint density at radius 1 is 2.00 bits per heavy atom. The SMILES string of the molecule is OCC1OC1=S. The highest BCUT2D eigenvalue weighted by Gasteiger charge is 2.31. The van der Waals surface area contributed by atoms with Gasteiger partial charge in [-0.05, 0) is 12.2 Å². The molecule has 1 N–H and O–H groups in total. The molecule has 1 rings (SSSR count). The summed E-state index contributed by atoms with van der Waals surface area (Å²) >= 11 is 4.49. The van der Waals surface area contributed by atoms with Crippen molar-refractivity contribution in [3.8, 4) is 0 Å². The van der Waals surface area contributed by atoms with E-state index in [-0.39, 0.29) is 12.7 Å². The van der Waals surface area contributed by atoms with E-state index in [0.29, 0.717) is 5.05 Å². The number of aliphatic hydroxyl groups is 1. The lowest BCUT2D eigenvalue weighted by Gasteiger charge is -1.68. The van der Waals surface area contributed by atoms with Crippen LogP contribution >= 0.6 is 12.2 Å². The zero-order chi connectivity index (χ0) is 4.57. The smallest absolute Gasteiger partial charge is 0.204 e. The first-order valence-electron chi connectivity index (χ1n) is 1.66. The number of aliphatic hydroxyl groups excluding tert-OH is 1. The molecular weight excluding hydrogens is 100 g/mol. The van der Waals surface area contributed by atoms with Crippen LogP contribution in [0.1, 0.15) is 0 Å². The van der Waals surface area contributed by atoms with Crippen molar-refractivity contribution in [3.05, 3.63) is 0 Å². The molecule has 0 aliphatic carbocycles. The Morgan fingerprint density at radius 2 is 2.50 bits per heavy atom. The van der Waals surface area contributed by atoms with Crippen LogP contribution in [0.4, 0.5) is 0 Å². The molecule has 0 saturated carbocycles. The molecule has 1 atom stereocenters. The van der Waals surface area contributed by atoms with Gasteiger partial charge in [-0.15, -0.1) is 0 Å². The molecule has 0 amide bonds. The molecule has 0 aromatic heterocycles. The van der Waals surface area contributed by atoms with Crippen LogP contribution < -0.4 is 0 Å². The Kier molecular flexibility index (Phi) is 0.782. The lowest BCUT2D eigenvalue weighted by Crippen LogP contribution is -1.91. The fraction of sp³-hybridized carbons (Fsp3) is 0.667. The number of thiocarbonyl (C=S) groups is 1. The highest BCUT2D eigenvalue weighted by Crippen LogP contribution is 2.12. The van der Waals surface area contributed by atoms with Crippen molar-refractivity contribution in [2.45, 2.75) is 6.10 Å². The second kappa shape index (κ2) is 1.17. The van der Waals surface area contributed by atoms with Gasteiger partial charge in [0.15, 0.2) is 6.10 Å². The summed E-state index contributed by atoms with van der Waals surface area (Å²) in [6.45, 7) is 0.0405. The minimum absolute atomic E-state index is 0.0405. The summed E-state index contributed by atoms with van der Waals surface area (Å²) < 4.78 is 4.55. The van der Waals surface area contributed by atoms with Gasteiger partial charge in [0.05, 0.1) is 6.61 Å². The van der Waals surface area contributed by atoms with Gasteiger partial charge in [0.1, 0.15) is 0 Å². The van der Waals surface area contributed by atoms with Crippen LogP contribution in [0, 0.1) is 0 Å².